The van der Waals surface area contributed by atoms with Gasteiger partial charge in [-0.15, -0.1) is 0 Å². The number of nitro benzene ring substituents is 1. The number of carbonyl (C=O) groups excluding carboxylic acids is 2. The van der Waals surface area contributed by atoms with Gasteiger partial charge in [0.2, 0.25) is 0 Å². The Morgan fingerprint density at radius 1 is 1.59 bits per heavy atom. The maximum absolute atomic E-state index is 11.5. The molecule has 0 aromatic heterocycles. The Bertz CT molecular complexity index is 486. The Labute approximate surface area is 101 Å². The molecule has 0 bridgehead atoms. The van der Waals surface area contributed by atoms with Crippen molar-refractivity contribution in [2.75, 3.05) is 6.61 Å². The van der Waals surface area contributed by atoms with Crippen LogP contribution in [0.3, 0.4) is 0 Å². The average Bonchev–Trinajstić information content (AvgIpc) is 2.28. The van der Waals surface area contributed by atoms with Crippen LogP contribution in [0, 0.1) is 10.1 Å². The molecule has 7 heteroatoms. The Morgan fingerprint density at radius 2 is 2.24 bits per heavy atom. The van der Waals surface area contributed by atoms with Gasteiger partial charge in [-0.05, 0) is 13.0 Å². The SMILES string of the molecule is CCOC(=O)c1c(Cl)ccc([N+](=O)[O-])c1C=O. The molecule has 0 saturated carbocycles. The lowest BCUT2D eigenvalue weighted by atomic mass is 10.1. The second-order valence-corrected chi connectivity index (χ2v) is 3.36. The molecule has 1 rings (SSSR count). The predicted molar refractivity (Wildman–Crippen MR) is 59.5 cm³/mol. The minimum atomic E-state index is -0.858. The van der Waals surface area contributed by atoms with E-state index in [2.05, 4.69) is 4.74 Å². The number of hydrogen-bond donors (Lipinski definition) is 0. The van der Waals surface area contributed by atoms with E-state index in [9.17, 15) is 19.7 Å². The molecule has 0 aliphatic rings. The molecule has 1 aromatic carbocycles. The molecule has 17 heavy (non-hydrogen) atoms. The monoisotopic (exact) mass is 257 g/mol. The maximum Gasteiger partial charge on any atom is 0.340 e. The van der Waals surface area contributed by atoms with Crippen LogP contribution in [0.15, 0.2) is 12.1 Å². The van der Waals surface area contributed by atoms with Gasteiger partial charge in [-0.3, -0.25) is 14.9 Å². The summed E-state index contributed by atoms with van der Waals surface area (Å²) in [5.41, 5.74) is -1.13. The van der Waals surface area contributed by atoms with Crippen molar-refractivity contribution < 1.29 is 19.2 Å². The van der Waals surface area contributed by atoms with Gasteiger partial charge in [0.25, 0.3) is 5.69 Å². The zero-order valence-corrected chi connectivity index (χ0v) is 9.56. The van der Waals surface area contributed by atoms with Crippen molar-refractivity contribution >= 4 is 29.5 Å². The van der Waals surface area contributed by atoms with Gasteiger partial charge < -0.3 is 4.74 Å². The van der Waals surface area contributed by atoms with Gasteiger partial charge in [0, 0.05) is 6.07 Å². The fourth-order valence-corrected chi connectivity index (χ4v) is 1.51. The quantitative estimate of drug-likeness (QED) is 0.357. The first-order valence-corrected chi connectivity index (χ1v) is 4.99. The molecule has 6 nitrogen and oxygen atoms in total. The third-order valence-corrected chi connectivity index (χ3v) is 2.28. The average molecular weight is 258 g/mol. The van der Waals surface area contributed by atoms with Gasteiger partial charge >= 0.3 is 5.97 Å². The second kappa shape index (κ2) is 5.40. The van der Waals surface area contributed by atoms with Crippen LogP contribution in [0.5, 0.6) is 0 Å². The van der Waals surface area contributed by atoms with Crippen molar-refractivity contribution in [3.05, 3.63) is 38.4 Å². The van der Waals surface area contributed by atoms with E-state index in [1.807, 2.05) is 0 Å². The number of esters is 1. The summed E-state index contributed by atoms with van der Waals surface area (Å²) in [5, 5.41) is 10.6. The second-order valence-electron chi connectivity index (χ2n) is 2.95. The number of nitrogens with zero attached hydrogens (tertiary/aromatic N) is 1. The minimum Gasteiger partial charge on any atom is -0.462 e. The van der Waals surface area contributed by atoms with Crippen LogP contribution in [0.2, 0.25) is 5.02 Å². The highest BCUT2D eigenvalue weighted by molar-refractivity contribution is 6.34. The highest BCUT2D eigenvalue weighted by Gasteiger charge is 2.25. The highest BCUT2D eigenvalue weighted by atomic mass is 35.5. The van der Waals surface area contributed by atoms with Crippen LogP contribution < -0.4 is 0 Å². The summed E-state index contributed by atoms with van der Waals surface area (Å²) in [6, 6.07) is 2.24. The van der Waals surface area contributed by atoms with E-state index in [1.54, 1.807) is 6.92 Å². The van der Waals surface area contributed by atoms with Gasteiger partial charge in [0.15, 0.2) is 6.29 Å². The molecular weight excluding hydrogens is 250 g/mol. The van der Waals surface area contributed by atoms with Gasteiger partial charge in [-0.25, -0.2) is 4.79 Å². The fourth-order valence-electron chi connectivity index (χ4n) is 1.27. The normalized spacial score (nSPS) is 9.76. The van der Waals surface area contributed by atoms with Crippen LogP contribution in [0.1, 0.15) is 27.6 Å². The van der Waals surface area contributed by atoms with Crippen LogP contribution in [-0.4, -0.2) is 23.8 Å². The van der Waals surface area contributed by atoms with Gasteiger partial charge in [-0.2, -0.15) is 0 Å². The van der Waals surface area contributed by atoms with E-state index >= 15 is 0 Å². The van der Waals surface area contributed by atoms with E-state index in [0.717, 1.165) is 6.07 Å². The van der Waals surface area contributed by atoms with Crippen LogP contribution in [0.25, 0.3) is 0 Å². The first-order valence-electron chi connectivity index (χ1n) is 4.62. The Hall–Kier alpha value is -1.95. The molecule has 0 spiro atoms. The first kappa shape index (κ1) is 13.1. The minimum absolute atomic E-state index is 0.0591. The van der Waals surface area contributed by atoms with E-state index in [1.165, 1.54) is 6.07 Å². The number of rotatable bonds is 4. The molecule has 0 radical (unpaired) electrons. The van der Waals surface area contributed by atoms with Crippen molar-refractivity contribution in [3.8, 4) is 0 Å². The molecule has 0 unspecified atom stereocenters. The standard InChI is InChI=1S/C10H8ClNO5/c1-2-17-10(14)9-6(5-13)8(12(15)16)4-3-7(9)11/h3-5H,2H2,1H3. The molecule has 0 fully saturated rings. The van der Waals surface area contributed by atoms with Crippen molar-refractivity contribution in [2.45, 2.75) is 6.92 Å². The van der Waals surface area contributed by atoms with Gasteiger partial charge in [-0.1, -0.05) is 11.6 Å². The highest BCUT2D eigenvalue weighted by Crippen LogP contribution is 2.28. The summed E-state index contributed by atoms with van der Waals surface area (Å²) in [6.07, 6.45) is 0.219. The summed E-state index contributed by atoms with van der Waals surface area (Å²) in [7, 11) is 0. The molecule has 0 atom stereocenters. The number of halogens is 1. The van der Waals surface area contributed by atoms with E-state index in [4.69, 9.17) is 11.6 Å². The first-order chi connectivity index (χ1) is 8.02. The smallest absolute Gasteiger partial charge is 0.340 e. The Kier molecular flexibility index (Phi) is 4.17. The summed E-state index contributed by atoms with van der Waals surface area (Å²) in [4.78, 5) is 32.3. The summed E-state index contributed by atoms with van der Waals surface area (Å²) in [5.74, 6) is -0.858. The van der Waals surface area contributed by atoms with Crippen molar-refractivity contribution in [3.63, 3.8) is 0 Å². The van der Waals surface area contributed by atoms with Gasteiger partial charge in [0.05, 0.1) is 22.1 Å². The van der Waals surface area contributed by atoms with Crippen LogP contribution in [-0.2, 0) is 4.74 Å². The molecule has 1 aromatic rings. The van der Waals surface area contributed by atoms with Crippen LogP contribution in [0.4, 0.5) is 5.69 Å². The number of nitro groups is 1. The fraction of sp³-hybridized carbons (Fsp3) is 0.200. The lowest BCUT2D eigenvalue weighted by Gasteiger charge is -2.06. The molecular formula is C10H8ClNO5. The van der Waals surface area contributed by atoms with Crippen LogP contribution >= 0.6 is 11.6 Å². The lowest BCUT2D eigenvalue weighted by molar-refractivity contribution is -0.385. The van der Waals surface area contributed by atoms with E-state index in [0.29, 0.717) is 0 Å². The van der Waals surface area contributed by atoms with Crippen molar-refractivity contribution in [1.29, 1.82) is 0 Å². The molecule has 0 aliphatic heterocycles. The van der Waals surface area contributed by atoms with Crippen molar-refractivity contribution in [2.24, 2.45) is 0 Å². The predicted octanol–water partition coefficient (Wildman–Crippen LogP) is 2.24. The van der Waals surface area contributed by atoms with Gasteiger partial charge in [0.1, 0.15) is 5.56 Å². The van der Waals surface area contributed by atoms with E-state index in [-0.39, 0.29) is 29.0 Å². The molecule has 0 amide bonds. The molecule has 90 valence electrons. The summed E-state index contributed by atoms with van der Waals surface area (Å²) < 4.78 is 4.68. The molecule has 0 saturated heterocycles. The number of benzene rings is 1. The zero-order valence-electron chi connectivity index (χ0n) is 8.81. The topological polar surface area (TPSA) is 86.5 Å². The Morgan fingerprint density at radius 3 is 2.71 bits per heavy atom. The maximum atomic E-state index is 11.5. The third-order valence-electron chi connectivity index (χ3n) is 1.97. The van der Waals surface area contributed by atoms with E-state index < -0.39 is 16.6 Å². The molecule has 0 heterocycles. The lowest BCUT2D eigenvalue weighted by Crippen LogP contribution is -2.10. The number of ether oxygens (including phenoxy) is 1. The summed E-state index contributed by atoms with van der Waals surface area (Å²) >= 11 is 5.73. The number of carbonyl (C=O) groups is 2. The largest absolute Gasteiger partial charge is 0.462 e. The zero-order chi connectivity index (χ0) is 13.0. The number of aldehydes is 1. The number of hydrogen-bond acceptors (Lipinski definition) is 5. The molecule has 0 aliphatic carbocycles. The molecule has 0 N–H and O–H groups in total. The Balaban J connectivity index is 3.45. The third kappa shape index (κ3) is 2.59. The van der Waals surface area contributed by atoms with Crippen molar-refractivity contribution in [1.82, 2.24) is 0 Å². The summed E-state index contributed by atoms with van der Waals surface area (Å²) in [6.45, 7) is 1.65.